The van der Waals surface area contributed by atoms with Crippen LogP contribution in [0.25, 0.3) is 10.9 Å². The van der Waals surface area contributed by atoms with Gasteiger partial charge in [0, 0.05) is 30.2 Å². The minimum Gasteiger partial charge on any atom is -0.466 e. The summed E-state index contributed by atoms with van der Waals surface area (Å²) in [6.45, 7) is 2.85. The summed E-state index contributed by atoms with van der Waals surface area (Å²) in [5.41, 5.74) is 1.61. The fraction of sp³-hybridized carbons (Fsp3) is 0.412. The van der Waals surface area contributed by atoms with Crippen LogP contribution in [0, 0.1) is 0 Å². The molecule has 118 valence electrons. The van der Waals surface area contributed by atoms with Gasteiger partial charge in [-0.15, -0.1) is 0 Å². The van der Waals surface area contributed by atoms with Crippen molar-refractivity contribution >= 4 is 22.8 Å². The number of hydrogen-bond acceptors (Lipinski definition) is 3. The summed E-state index contributed by atoms with van der Waals surface area (Å²) in [4.78, 5) is 26.3. The van der Waals surface area contributed by atoms with Crippen molar-refractivity contribution in [3.8, 4) is 0 Å². The Balaban J connectivity index is 1.66. The van der Waals surface area contributed by atoms with Crippen molar-refractivity contribution in [2.24, 2.45) is 0 Å². The van der Waals surface area contributed by atoms with Crippen LogP contribution in [0.2, 0.25) is 0 Å². The highest BCUT2D eigenvalue weighted by molar-refractivity contribution is 5.97. The van der Waals surface area contributed by atoms with Gasteiger partial charge in [0.2, 0.25) is 0 Å². The van der Waals surface area contributed by atoms with Crippen LogP contribution in [0.1, 0.15) is 43.0 Å². The molecule has 1 heterocycles. The van der Waals surface area contributed by atoms with E-state index in [9.17, 15) is 9.59 Å². The molecule has 0 spiro atoms. The molecule has 0 fully saturated rings. The summed E-state index contributed by atoms with van der Waals surface area (Å²) >= 11 is 0. The maximum Gasteiger partial charge on any atom is 0.305 e. The number of carbonyl (C=O) groups is 2. The third kappa shape index (κ3) is 4.62. The molecule has 5 nitrogen and oxygen atoms in total. The van der Waals surface area contributed by atoms with Crippen molar-refractivity contribution in [2.75, 3.05) is 13.2 Å². The van der Waals surface area contributed by atoms with Gasteiger partial charge < -0.3 is 15.0 Å². The molecule has 2 rings (SSSR count). The summed E-state index contributed by atoms with van der Waals surface area (Å²) in [6.07, 6.45) is 4.86. The van der Waals surface area contributed by atoms with Crippen LogP contribution in [0.15, 0.2) is 30.5 Å². The Morgan fingerprint density at radius 3 is 2.86 bits per heavy atom. The number of amides is 1. The van der Waals surface area contributed by atoms with Crippen LogP contribution >= 0.6 is 0 Å². The van der Waals surface area contributed by atoms with Crippen molar-refractivity contribution in [2.45, 2.75) is 32.6 Å². The molecule has 0 saturated carbocycles. The van der Waals surface area contributed by atoms with E-state index in [4.69, 9.17) is 4.74 Å². The van der Waals surface area contributed by atoms with Crippen molar-refractivity contribution in [3.63, 3.8) is 0 Å². The molecule has 2 N–H and O–H groups in total. The molecule has 1 aromatic carbocycles. The van der Waals surface area contributed by atoms with Crippen molar-refractivity contribution in [3.05, 3.63) is 36.0 Å². The van der Waals surface area contributed by atoms with Crippen LogP contribution in [0.4, 0.5) is 0 Å². The third-order valence-corrected chi connectivity index (χ3v) is 3.47. The number of nitrogens with one attached hydrogen (secondary N) is 2. The monoisotopic (exact) mass is 302 g/mol. The molecule has 0 unspecified atom stereocenters. The second-order valence-electron chi connectivity index (χ2n) is 5.15. The maximum absolute atomic E-state index is 12.0. The van der Waals surface area contributed by atoms with Gasteiger partial charge in [-0.05, 0) is 43.4 Å². The first-order valence-corrected chi connectivity index (χ1v) is 7.71. The molecule has 2 aromatic rings. The fourth-order valence-electron chi connectivity index (χ4n) is 2.30. The van der Waals surface area contributed by atoms with Gasteiger partial charge in [0.15, 0.2) is 0 Å². The molecule has 5 heteroatoms. The molecule has 0 atom stereocenters. The second kappa shape index (κ2) is 8.22. The summed E-state index contributed by atoms with van der Waals surface area (Å²) < 4.78 is 4.86. The number of benzene rings is 1. The molecule has 1 aromatic heterocycles. The fourth-order valence-corrected chi connectivity index (χ4v) is 2.30. The van der Waals surface area contributed by atoms with E-state index < -0.39 is 0 Å². The first kappa shape index (κ1) is 16.1. The molecule has 0 bridgehead atoms. The quantitative estimate of drug-likeness (QED) is 0.581. The maximum atomic E-state index is 12.0. The van der Waals surface area contributed by atoms with E-state index in [0.29, 0.717) is 25.1 Å². The lowest BCUT2D eigenvalue weighted by molar-refractivity contribution is -0.143. The highest BCUT2D eigenvalue weighted by Crippen LogP contribution is 2.14. The van der Waals surface area contributed by atoms with E-state index in [0.717, 1.165) is 30.2 Å². The Morgan fingerprint density at radius 2 is 2.05 bits per heavy atom. The number of ether oxygens (including phenoxy) is 1. The average Bonchev–Trinajstić information content (AvgIpc) is 2.98. The lowest BCUT2D eigenvalue weighted by atomic mass is 10.1. The first-order valence-electron chi connectivity index (χ1n) is 7.71. The van der Waals surface area contributed by atoms with E-state index in [1.54, 1.807) is 6.92 Å². The summed E-state index contributed by atoms with van der Waals surface area (Å²) in [6, 6.07) is 7.58. The van der Waals surface area contributed by atoms with E-state index in [1.807, 2.05) is 30.5 Å². The smallest absolute Gasteiger partial charge is 0.305 e. The van der Waals surface area contributed by atoms with Gasteiger partial charge in [-0.1, -0.05) is 12.5 Å². The topological polar surface area (TPSA) is 71.2 Å². The summed E-state index contributed by atoms with van der Waals surface area (Å²) in [7, 11) is 0. The Labute approximate surface area is 130 Å². The Hall–Kier alpha value is -2.30. The van der Waals surface area contributed by atoms with Gasteiger partial charge in [0.1, 0.15) is 0 Å². The van der Waals surface area contributed by atoms with Crippen LogP contribution in [0.5, 0.6) is 0 Å². The van der Waals surface area contributed by atoms with Crippen LogP contribution < -0.4 is 5.32 Å². The van der Waals surface area contributed by atoms with E-state index >= 15 is 0 Å². The van der Waals surface area contributed by atoms with E-state index in [1.165, 1.54) is 0 Å². The third-order valence-electron chi connectivity index (χ3n) is 3.47. The standard InChI is InChI=1S/C17H22N2O3/c1-2-22-16(20)6-4-3-5-10-19-17(21)14-8-7-13-9-11-18-15(13)12-14/h7-9,11-12,18H,2-6,10H2,1H3,(H,19,21). The lowest BCUT2D eigenvalue weighted by Crippen LogP contribution is -2.24. The zero-order valence-electron chi connectivity index (χ0n) is 12.9. The van der Waals surface area contributed by atoms with Crippen LogP contribution in [0.3, 0.4) is 0 Å². The average molecular weight is 302 g/mol. The first-order chi connectivity index (χ1) is 10.7. The lowest BCUT2D eigenvalue weighted by Gasteiger charge is -2.05. The second-order valence-corrected chi connectivity index (χ2v) is 5.15. The molecule has 0 aliphatic rings. The molecule has 0 radical (unpaired) electrons. The highest BCUT2D eigenvalue weighted by atomic mass is 16.5. The molecule has 0 aliphatic carbocycles. The van der Waals surface area contributed by atoms with Crippen molar-refractivity contribution in [1.29, 1.82) is 0 Å². The van der Waals surface area contributed by atoms with Gasteiger partial charge >= 0.3 is 5.97 Å². The van der Waals surface area contributed by atoms with Gasteiger partial charge in [0.25, 0.3) is 5.91 Å². The van der Waals surface area contributed by atoms with Gasteiger partial charge in [-0.3, -0.25) is 9.59 Å². The van der Waals surface area contributed by atoms with Crippen LogP contribution in [-0.4, -0.2) is 30.0 Å². The SMILES string of the molecule is CCOC(=O)CCCCCNC(=O)c1ccc2cc[nH]c2c1. The Kier molecular flexibility index (Phi) is 6.01. The number of rotatable bonds is 8. The van der Waals surface area contributed by atoms with Crippen molar-refractivity contribution < 1.29 is 14.3 Å². The number of H-pyrrole nitrogens is 1. The molecular formula is C17H22N2O3. The molecule has 1 amide bonds. The number of esters is 1. The van der Waals surface area contributed by atoms with Crippen LogP contribution in [-0.2, 0) is 9.53 Å². The largest absolute Gasteiger partial charge is 0.466 e. The number of carbonyl (C=O) groups excluding carboxylic acids is 2. The highest BCUT2D eigenvalue weighted by Gasteiger charge is 2.06. The predicted molar refractivity (Wildman–Crippen MR) is 85.7 cm³/mol. The number of aromatic nitrogens is 1. The zero-order chi connectivity index (χ0) is 15.8. The van der Waals surface area contributed by atoms with Gasteiger partial charge in [-0.25, -0.2) is 0 Å². The Morgan fingerprint density at radius 1 is 1.18 bits per heavy atom. The minimum atomic E-state index is -0.147. The zero-order valence-corrected chi connectivity index (χ0v) is 12.9. The molecule has 22 heavy (non-hydrogen) atoms. The number of fused-ring (bicyclic) bond motifs is 1. The number of aromatic amines is 1. The summed E-state index contributed by atoms with van der Waals surface area (Å²) in [5.74, 6) is -0.215. The van der Waals surface area contributed by atoms with Gasteiger partial charge in [-0.2, -0.15) is 0 Å². The molecular weight excluding hydrogens is 280 g/mol. The molecule has 0 aliphatic heterocycles. The minimum absolute atomic E-state index is 0.0677. The van der Waals surface area contributed by atoms with Gasteiger partial charge in [0.05, 0.1) is 6.61 Å². The normalized spacial score (nSPS) is 10.6. The van der Waals surface area contributed by atoms with Crippen molar-refractivity contribution in [1.82, 2.24) is 10.3 Å². The predicted octanol–water partition coefficient (Wildman–Crippen LogP) is 3.02. The van der Waals surface area contributed by atoms with E-state index in [-0.39, 0.29) is 11.9 Å². The number of hydrogen-bond donors (Lipinski definition) is 2. The molecule has 0 saturated heterocycles. The Bertz CT molecular complexity index is 634. The number of unbranched alkanes of at least 4 members (excludes halogenated alkanes) is 2. The van der Waals surface area contributed by atoms with E-state index in [2.05, 4.69) is 10.3 Å². The summed E-state index contributed by atoms with van der Waals surface area (Å²) in [5, 5.41) is 3.99.